The lowest BCUT2D eigenvalue weighted by molar-refractivity contribution is -0.142. The Morgan fingerprint density at radius 2 is 1.83 bits per heavy atom. The Bertz CT molecular complexity index is 563. The standard InChI is InChI=1S/C12H8FNO4/c13-5-2-1-3-6(4-5)14-10(15)7-8(11(14)16)9(7)12(17)18/h1-4,7-9H,(H,17,18). The molecule has 1 saturated heterocycles. The van der Waals surface area contributed by atoms with Crippen LogP contribution in [0.4, 0.5) is 10.1 Å². The fourth-order valence-electron chi connectivity index (χ4n) is 2.51. The summed E-state index contributed by atoms with van der Waals surface area (Å²) in [4.78, 5) is 35.5. The lowest BCUT2D eigenvalue weighted by atomic mass is 10.2. The van der Waals surface area contributed by atoms with Crippen molar-refractivity contribution in [3.8, 4) is 0 Å². The molecule has 3 rings (SSSR count). The summed E-state index contributed by atoms with van der Waals surface area (Å²) in [6.07, 6.45) is 0. The summed E-state index contributed by atoms with van der Waals surface area (Å²) >= 11 is 0. The van der Waals surface area contributed by atoms with Crippen molar-refractivity contribution in [3.63, 3.8) is 0 Å². The Kier molecular flexibility index (Phi) is 2.04. The Labute approximate surface area is 101 Å². The number of aliphatic carboxylic acids is 1. The van der Waals surface area contributed by atoms with E-state index >= 15 is 0 Å². The monoisotopic (exact) mass is 249 g/mol. The topological polar surface area (TPSA) is 74.7 Å². The second-order valence-electron chi connectivity index (χ2n) is 4.41. The van der Waals surface area contributed by atoms with Crippen LogP contribution in [-0.4, -0.2) is 22.9 Å². The zero-order chi connectivity index (χ0) is 13.0. The maximum atomic E-state index is 13.0. The summed E-state index contributed by atoms with van der Waals surface area (Å²) in [7, 11) is 0. The third-order valence-corrected chi connectivity index (χ3v) is 3.38. The molecular weight excluding hydrogens is 241 g/mol. The van der Waals surface area contributed by atoms with E-state index < -0.39 is 41.4 Å². The number of carbonyl (C=O) groups excluding carboxylic acids is 2. The van der Waals surface area contributed by atoms with Gasteiger partial charge in [0.05, 0.1) is 23.4 Å². The van der Waals surface area contributed by atoms with Gasteiger partial charge in [-0.3, -0.25) is 14.4 Å². The quantitative estimate of drug-likeness (QED) is 0.781. The normalized spacial score (nSPS) is 29.4. The molecule has 6 heteroatoms. The lowest BCUT2D eigenvalue weighted by Crippen LogP contribution is -2.35. The third kappa shape index (κ3) is 1.28. The van der Waals surface area contributed by atoms with Crippen LogP contribution in [0.5, 0.6) is 0 Å². The Morgan fingerprint density at radius 1 is 1.22 bits per heavy atom. The Balaban J connectivity index is 1.93. The van der Waals surface area contributed by atoms with Gasteiger partial charge in [0.1, 0.15) is 5.82 Å². The fourth-order valence-corrected chi connectivity index (χ4v) is 2.51. The molecule has 1 aliphatic carbocycles. The van der Waals surface area contributed by atoms with Gasteiger partial charge in [0, 0.05) is 0 Å². The summed E-state index contributed by atoms with van der Waals surface area (Å²) in [5, 5.41) is 8.81. The molecule has 0 bridgehead atoms. The number of carboxylic acid groups (broad SMARTS) is 1. The first-order valence-electron chi connectivity index (χ1n) is 5.38. The maximum absolute atomic E-state index is 13.0. The molecular formula is C12H8FNO4. The highest BCUT2D eigenvalue weighted by Crippen LogP contribution is 2.54. The van der Waals surface area contributed by atoms with Crippen LogP contribution in [0.3, 0.4) is 0 Å². The lowest BCUT2D eigenvalue weighted by Gasteiger charge is -2.17. The highest BCUT2D eigenvalue weighted by atomic mass is 19.1. The Morgan fingerprint density at radius 3 is 2.33 bits per heavy atom. The number of carboxylic acids is 1. The van der Waals surface area contributed by atoms with E-state index in [9.17, 15) is 18.8 Å². The SMILES string of the molecule is O=C(O)C1C2C(=O)N(c3cccc(F)c3)C(=O)C12. The predicted molar refractivity (Wildman–Crippen MR) is 57.0 cm³/mol. The van der Waals surface area contributed by atoms with Gasteiger partial charge >= 0.3 is 5.97 Å². The van der Waals surface area contributed by atoms with Crippen LogP contribution in [0.15, 0.2) is 24.3 Å². The van der Waals surface area contributed by atoms with Gasteiger partial charge in [0.2, 0.25) is 11.8 Å². The van der Waals surface area contributed by atoms with Crippen LogP contribution >= 0.6 is 0 Å². The highest BCUT2D eigenvalue weighted by Gasteiger charge is 2.70. The summed E-state index contributed by atoms with van der Waals surface area (Å²) in [5.41, 5.74) is 0.154. The van der Waals surface area contributed by atoms with Crippen molar-refractivity contribution in [1.29, 1.82) is 0 Å². The molecule has 0 spiro atoms. The van der Waals surface area contributed by atoms with Gasteiger partial charge in [-0.2, -0.15) is 0 Å². The molecule has 18 heavy (non-hydrogen) atoms. The van der Waals surface area contributed by atoms with E-state index in [1.54, 1.807) is 0 Å². The predicted octanol–water partition coefficient (Wildman–Crippen LogP) is 0.646. The van der Waals surface area contributed by atoms with Crippen molar-refractivity contribution in [1.82, 2.24) is 0 Å². The van der Waals surface area contributed by atoms with Gasteiger partial charge in [0.25, 0.3) is 0 Å². The molecule has 1 saturated carbocycles. The molecule has 2 amide bonds. The van der Waals surface area contributed by atoms with Gasteiger partial charge in [-0.05, 0) is 18.2 Å². The zero-order valence-corrected chi connectivity index (χ0v) is 9.04. The second-order valence-corrected chi connectivity index (χ2v) is 4.41. The number of nitrogens with zero attached hydrogens (tertiary/aromatic N) is 1. The van der Waals surface area contributed by atoms with Gasteiger partial charge in [-0.1, -0.05) is 6.07 Å². The third-order valence-electron chi connectivity index (χ3n) is 3.38. The van der Waals surface area contributed by atoms with Crippen LogP contribution in [0.1, 0.15) is 0 Å². The van der Waals surface area contributed by atoms with Gasteiger partial charge in [0.15, 0.2) is 0 Å². The molecule has 0 aromatic heterocycles. The number of fused-ring (bicyclic) bond motifs is 1. The highest BCUT2D eigenvalue weighted by molar-refractivity contribution is 6.27. The van der Waals surface area contributed by atoms with E-state index in [0.29, 0.717) is 0 Å². The average molecular weight is 249 g/mol. The molecule has 1 heterocycles. The fraction of sp³-hybridized carbons (Fsp3) is 0.250. The van der Waals surface area contributed by atoms with Crippen molar-refractivity contribution in [2.45, 2.75) is 0 Å². The first-order valence-corrected chi connectivity index (χ1v) is 5.38. The molecule has 2 fully saturated rings. The molecule has 1 aromatic carbocycles. The molecule has 2 aliphatic rings. The van der Waals surface area contributed by atoms with E-state index in [1.807, 2.05) is 0 Å². The number of hydrogen-bond acceptors (Lipinski definition) is 3. The van der Waals surface area contributed by atoms with Crippen molar-refractivity contribution in [2.24, 2.45) is 17.8 Å². The van der Waals surface area contributed by atoms with E-state index in [0.717, 1.165) is 11.0 Å². The Hall–Kier alpha value is -2.24. The van der Waals surface area contributed by atoms with Crippen LogP contribution in [0.25, 0.3) is 0 Å². The van der Waals surface area contributed by atoms with Crippen LogP contribution < -0.4 is 4.90 Å². The van der Waals surface area contributed by atoms with Crippen molar-refractivity contribution >= 4 is 23.5 Å². The number of anilines is 1. The van der Waals surface area contributed by atoms with Gasteiger partial charge in [-0.15, -0.1) is 0 Å². The van der Waals surface area contributed by atoms with E-state index in [4.69, 9.17) is 5.11 Å². The maximum Gasteiger partial charge on any atom is 0.308 e. The molecule has 5 nitrogen and oxygen atoms in total. The van der Waals surface area contributed by atoms with Crippen LogP contribution in [0, 0.1) is 23.6 Å². The molecule has 1 aliphatic heterocycles. The minimum Gasteiger partial charge on any atom is -0.481 e. The first kappa shape index (κ1) is 10.9. The molecule has 1 N–H and O–H groups in total. The molecule has 2 atom stereocenters. The first-order chi connectivity index (χ1) is 8.52. The smallest absolute Gasteiger partial charge is 0.308 e. The van der Waals surface area contributed by atoms with E-state index in [-0.39, 0.29) is 5.69 Å². The summed E-state index contributed by atoms with van der Waals surface area (Å²) in [6, 6.07) is 5.12. The largest absolute Gasteiger partial charge is 0.481 e. The molecule has 2 unspecified atom stereocenters. The van der Waals surface area contributed by atoms with Crippen molar-refractivity contribution < 1.29 is 23.9 Å². The van der Waals surface area contributed by atoms with Gasteiger partial charge in [-0.25, -0.2) is 9.29 Å². The number of halogens is 1. The number of piperidine rings is 1. The van der Waals surface area contributed by atoms with E-state index in [2.05, 4.69) is 0 Å². The summed E-state index contributed by atoms with van der Waals surface area (Å²) in [6.45, 7) is 0. The number of benzene rings is 1. The van der Waals surface area contributed by atoms with Crippen LogP contribution in [-0.2, 0) is 14.4 Å². The van der Waals surface area contributed by atoms with Crippen molar-refractivity contribution in [2.75, 3.05) is 4.90 Å². The minimum absolute atomic E-state index is 0.154. The number of carbonyl (C=O) groups is 3. The molecule has 0 radical (unpaired) electrons. The number of amides is 2. The average Bonchev–Trinajstić information content (AvgIpc) is 2.98. The number of imide groups is 1. The second kappa shape index (κ2) is 3.38. The van der Waals surface area contributed by atoms with Gasteiger partial charge < -0.3 is 5.11 Å². The van der Waals surface area contributed by atoms with Crippen LogP contribution in [0.2, 0.25) is 0 Å². The van der Waals surface area contributed by atoms with E-state index in [1.165, 1.54) is 18.2 Å². The summed E-state index contributed by atoms with van der Waals surface area (Å²) < 4.78 is 13.0. The summed E-state index contributed by atoms with van der Waals surface area (Å²) in [5.74, 6) is -5.26. The minimum atomic E-state index is -1.13. The number of hydrogen-bond donors (Lipinski definition) is 1. The zero-order valence-electron chi connectivity index (χ0n) is 9.04. The molecule has 1 aromatic rings. The van der Waals surface area contributed by atoms with Crippen molar-refractivity contribution in [3.05, 3.63) is 30.1 Å². The molecule has 92 valence electrons. The number of rotatable bonds is 2.